The largest absolute Gasteiger partial charge is 0.481 e. The van der Waals surface area contributed by atoms with E-state index in [0.717, 1.165) is 26.9 Å². The Hall–Kier alpha value is -2.73. The van der Waals surface area contributed by atoms with Gasteiger partial charge in [-0.25, -0.2) is 4.98 Å². The zero-order valence-electron chi connectivity index (χ0n) is 13.1. The fourth-order valence-corrected chi connectivity index (χ4v) is 3.31. The molecule has 1 aromatic heterocycles. The summed E-state index contributed by atoms with van der Waals surface area (Å²) in [5.41, 5.74) is 1.83. The van der Waals surface area contributed by atoms with Crippen molar-refractivity contribution in [3.8, 4) is 11.3 Å². The lowest BCUT2D eigenvalue weighted by Gasteiger charge is -2.02. The zero-order valence-corrected chi connectivity index (χ0v) is 13.9. The van der Waals surface area contributed by atoms with Crippen LogP contribution in [0.5, 0.6) is 0 Å². The summed E-state index contributed by atoms with van der Waals surface area (Å²) in [7, 11) is 0. The van der Waals surface area contributed by atoms with Crippen LogP contribution in [0.3, 0.4) is 0 Å². The lowest BCUT2D eigenvalue weighted by molar-refractivity contribution is -0.138. The van der Waals surface area contributed by atoms with Gasteiger partial charge in [-0.05, 0) is 23.8 Å². The van der Waals surface area contributed by atoms with E-state index < -0.39 is 5.97 Å². The maximum atomic E-state index is 11.7. The molecule has 0 fully saturated rings. The average Bonchev–Trinajstić information content (AvgIpc) is 2.92. The van der Waals surface area contributed by atoms with Crippen molar-refractivity contribution in [2.45, 2.75) is 19.8 Å². The van der Waals surface area contributed by atoms with Gasteiger partial charge < -0.3 is 10.4 Å². The Morgan fingerprint density at radius 3 is 2.62 bits per heavy atom. The minimum Gasteiger partial charge on any atom is -0.481 e. The van der Waals surface area contributed by atoms with Crippen molar-refractivity contribution >= 4 is 39.1 Å². The normalized spacial score (nSPS) is 10.7. The second-order valence-electron chi connectivity index (χ2n) is 5.43. The summed E-state index contributed by atoms with van der Waals surface area (Å²) in [4.78, 5) is 27.7. The number of carbonyl (C=O) groups is 2. The third-order valence-corrected chi connectivity index (χ3v) is 4.52. The molecule has 122 valence electrons. The molecule has 0 aliphatic rings. The number of nitrogens with zero attached hydrogens (tertiary/aromatic N) is 1. The van der Waals surface area contributed by atoms with E-state index in [1.165, 1.54) is 11.3 Å². The summed E-state index contributed by atoms with van der Waals surface area (Å²) in [6.45, 7) is 1.95. The van der Waals surface area contributed by atoms with Crippen molar-refractivity contribution < 1.29 is 14.7 Å². The molecular formula is C18H16N2O3S. The molecule has 0 saturated heterocycles. The monoisotopic (exact) mass is 340 g/mol. The molecule has 0 unspecified atom stereocenters. The van der Waals surface area contributed by atoms with Gasteiger partial charge in [-0.1, -0.05) is 36.4 Å². The van der Waals surface area contributed by atoms with Gasteiger partial charge in [-0.3, -0.25) is 9.59 Å². The van der Waals surface area contributed by atoms with Gasteiger partial charge in [0.2, 0.25) is 5.91 Å². The molecule has 24 heavy (non-hydrogen) atoms. The molecule has 0 saturated carbocycles. The van der Waals surface area contributed by atoms with Gasteiger partial charge in [0.05, 0.1) is 12.1 Å². The summed E-state index contributed by atoms with van der Waals surface area (Å²) in [6, 6.07) is 14.2. The highest BCUT2D eigenvalue weighted by Crippen LogP contribution is 2.32. The Morgan fingerprint density at radius 2 is 1.88 bits per heavy atom. The summed E-state index contributed by atoms with van der Waals surface area (Å²) < 4.78 is 0. The van der Waals surface area contributed by atoms with Crippen LogP contribution in [0.4, 0.5) is 5.13 Å². The number of anilines is 1. The number of aromatic nitrogens is 1. The smallest absolute Gasteiger partial charge is 0.303 e. The highest BCUT2D eigenvalue weighted by molar-refractivity contribution is 7.16. The first-order chi connectivity index (χ1) is 11.5. The highest BCUT2D eigenvalue weighted by atomic mass is 32.1. The standard InChI is InChI=1S/C18H16N2O3S/c1-11-17(14-7-6-12-4-2-3-5-13(12)10-14)20-18(24-11)19-15(21)8-9-16(22)23/h2-7,10H,8-9H2,1H3,(H,22,23)(H,19,20,21). The van der Waals surface area contributed by atoms with Gasteiger partial charge in [-0.2, -0.15) is 0 Å². The molecule has 0 aliphatic carbocycles. The summed E-state index contributed by atoms with van der Waals surface area (Å²) >= 11 is 1.39. The minimum atomic E-state index is -0.989. The number of thiazole rings is 1. The van der Waals surface area contributed by atoms with Crippen LogP contribution in [0, 0.1) is 6.92 Å². The molecule has 0 radical (unpaired) electrons. The maximum Gasteiger partial charge on any atom is 0.303 e. The first kappa shape index (κ1) is 16.1. The van der Waals surface area contributed by atoms with Crippen molar-refractivity contribution in [2.24, 2.45) is 0 Å². The fraction of sp³-hybridized carbons (Fsp3) is 0.167. The second kappa shape index (κ2) is 6.80. The first-order valence-electron chi connectivity index (χ1n) is 7.51. The van der Waals surface area contributed by atoms with Gasteiger partial charge in [-0.15, -0.1) is 11.3 Å². The molecule has 6 heteroatoms. The Bertz CT molecular complexity index is 918. The van der Waals surface area contributed by atoms with E-state index in [1.807, 2.05) is 25.1 Å². The lowest BCUT2D eigenvalue weighted by atomic mass is 10.0. The number of fused-ring (bicyclic) bond motifs is 1. The SMILES string of the molecule is Cc1sc(NC(=O)CCC(=O)O)nc1-c1ccc2ccccc2c1. The predicted octanol–water partition coefficient (Wildman–Crippen LogP) is 4.08. The molecule has 0 spiro atoms. The Morgan fingerprint density at radius 1 is 1.12 bits per heavy atom. The van der Waals surface area contributed by atoms with Crippen molar-refractivity contribution in [1.82, 2.24) is 4.98 Å². The quantitative estimate of drug-likeness (QED) is 0.733. The second-order valence-corrected chi connectivity index (χ2v) is 6.63. The molecular weight excluding hydrogens is 324 g/mol. The topological polar surface area (TPSA) is 79.3 Å². The number of carboxylic acid groups (broad SMARTS) is 1. The fourth-order valence-electron chi connectivity index (χ4n) is 2.46. The first-order valence-corrected chi connectivity index (χ1v) is 8.33. The van der Waals surface area contributed by atoms with Gasteiger partial charge in [0.25, 0.3) is 0 Å². The van der Waals surface area contributed by atoms with Gasteiger partial charge >= 0.3 is 5.97 Å². The number of aryl methyl sites for hydroxylation is 1. The van der Waals surface area contributed by atoms with E-state index in [0.29, 0.717) is 5.13 Å². The number of rotatable bonds is 5. The van der Waals surface area contributed by atoms with Crippen LogP contribution in [0.2, 0.25) is 0 Å². The minimum absolute atomic E-state index is 0.0563. The number of benzene rings is 2. The van der Waals surface area contributed by atoms with Crippen LogP contribution in [0.25, 0.3) is 22.0 Å². The number of amides is 1. The number of aliphatic carboxylic acids is 1. The van der Waals surface area contributed by atoms with E-state index >= 15 is 0 Å². The van der Waals surface area contributed by atoms with E-state index in [-0.39, 0.29) is 18.7 Å². The maximum absolute atomic E-state index is 11.7. The van der Waals surface area contributed by atoms with E-state index in [2.05, 4.69) is 34.6 Å². The molecule has 0 aliphatic heterocycles. The third-order valence-electron chi connectivity index (χ3n) is 3.63. The molecule has 3 rings (SSSR count). The zero-order chi connectivity index (χ0) is 17.1. The summed E-state index contributed by atoms with van der Waals surface area (Å²) in [6.07, 6.45) is -0.243. The third kappa shape index (κ3) is 3.60. The molecule has 0 bridgehead atoms. The Balaban J connectivity index is 1.82. The lowest BCUT2D eigenvalue weighted by Crippen LogP contribution is -2.12. The van der Waals surface area contributed by atoms with E-state index in [1.54, 1.807) is 0 Å². The number of carbonyl (C=O) groups excluding carboxylic acids is 1. The number of hydrogen-bond acceptors (Lipinski definition) is 4. The van der Waals surface area contributed by atoms with Crippen LogP contribution >= 0.6 is 11.3 Å². The molecule has 1 amide bonds. The van der Waals surface area contributed by atoms with Crippen LogP contribution < -0.4 is 5.32 Å². The molecule has 2 N–H and O–H groups in total. The van der Waals surface area contributed by atoms with Crippen LogP contribution in [0.15, 0.2) is 42.5 Å². The Labute approximate surface area is 143 Å². The molecule has 0 atom stereocenters. The molecule has 1 heterocycles. The molecule has 5 nitrogen and oxygen atoms in total. The van der Waals surface area contributed by atoms with Crippen LogP contribution in [-0.2, 0) is 9.59 Å². The van der Waals surface area contributed by atoms with Gasteiger partial charge in [0.1, 0.15) is 0 Å². The van der Waals surface area contributed by atoms with Crippen LogP contribution in [-0.4, -0.2) is 22.0 Å². The number of carboxylic acids is 1. The Kier molecular flexibility index (Phi) is 4.57. The van der Waals surface area contributed by atoms with E-state index in [9.17, 15) is 9.59 Å². The van der Waals surface area contributed by atoms with Crippen LogP contribution in [0.1, 0.15) is 17.7 Å². The van der Waals surface area contributed by atoms with Gasteiger partial charge in [0.15, 0.2) is 5.13 Å². The average molecular weight is 340 g/mol. The van der Waals surface area contributed by atoms with Crippen molar-refractivity contribution in [3.63, 3.8) is 0 Å². The summed E-state index contributed by atoms with van der Waals surface area (Å²) in [5.74, 6) is -1.33. The van der Waals surface area contributed by atoms with Gasteiger partial charge in [0, 0.05) is 16.9 Å². The number of hydrogen-bond donors (Lipinski definition) is 2. The van der Waals surface area contributed by atoms with E-state index in [4.69, 9.17) is 5.11 Å². The summed E-state index contributed by atoms with van der Waals surface area (Å²) in [5, 5.41) is 14.1. The number of nitrogens with one attached hydrogen (secondary N) is 1. The predicted molar refractivity (Wildman–Crippen MR) is 95.3 cm³/mol. The molecule has 3 aromatic rings. The molecule has 2 aromatic carbocycles. The van der Waals surface area contributed by atoms with Crippen molar-refractivity contribution in [3.05, 3.63) is 47.3 Å². The van der Waals surface area contributed by atoms with Crippen molar-refractivity contribution in [2.75, 3.05) is 5.32 Å². The highest BCUT2D eigenvalue weighted by Gasteiger charge is 2.13. The van der Waals surface area contributed by atoms with Crippen molar-refractivity contribution in [1.29, 1.82) is 0 Å².